The van der Waals surface area contributed by atoms with Crippen LogP contribution in [0.2, 0.25) is 0 Å². The number of hydrogen-bond donors (Lipinski definition) is 3. The zero-order valence-corrected chi connectivity index (χ0v) is 15.4. The standard InChI is InChI=1S/C19H19F4N5/c1-9(13-6-11(24)7-15(17(13)20)19(21,22)23)26-18-14-8-12(25-3)4-5-16(14)27-10(2)28-18/h4-9,25H,24H2,1-3H3,(H,26,27,28)/t9-/m1/s1. The van der Waals surface area contributed by atoms with Crippen molar-refractivity contribution < 1.29 is 17.6 Å². The number of nitrogens with one attached hydrogen (secondary N) is 2. The number of nitrogen functional groups attached to an aromatic ring is 1. The zero-order valence-electron chi connectivity index (χ0n) is 15.4. The SMILES string of the molecule is CNc1ccc2nc(C)nc(N[C@H](C)c3cc(N)cc(C(F)(F)F)c3F)c2c1. The van der Waals surface area contributed by atoms with Crippen LogP contribution in [0.1, 0.15) is 29.9 Å². The van der Waals surface area contributed by atoms with Crippen molar-refractivity contribution in [1.29, 1.82) is 0 Å². The fraction of sp³-hybridized carbons (Fsp3) is 0.263. The number of benzene rings is 2. The van der Waals surface area contributed by atoms with E-state index >= 15 is 0 Å². The molecule has 0 aliphatic rings. The lowest BCUT2D eigenvalue weighted by Gasteiger charge is -2.20. The van der Waals surface area contributed by atoms with Gasteiger partial charge >= 0.3 is 6.18 Å². The maximum absolute atomic E-state index is 14.6. The molecular formula is C19H19F4N5. The minimum atomic E-state index is -4.84. The maximum Gasteiger partial charge on any atom is 0.419 e. The highest BCUT2D eigenvalue weighted by Crippen LogP contribution is 2.36. The van der Waals surface area contributed by atoms with E-state index in [1.165, 1.54) is 6.07 Å². The van der Waals surface area contributed by atoms with E-state index in [-0.39, 0.29) is 11.3 Å². The number of hydrogen-bond acceptors (Lipinski definition) is 5. The molecule has 4 N–H and O–H groups in total. The third-order valence-corrected chi connectivity index (χ3v) is 4.34. The van der Waals surface area contributed by atoms with E-state index in [2.05, 4.69) is 20.6 Å². The average Bonchev–Trinajstić information content (AvgIpc) is 2.61. The molecule has 5 nitrogen and oxygen atoms in total. The summed E-state index contributed by atoms with van der Waals surface area (Å²) in [6.07, 6.45) is -4.84. The molecule has 0 aliphatic carbocycles. The van der Waals surface area contributed by atoms with E-state index in [4.69, 9.17) is 5.73 Å². The van der Waals surface area contributed by atoms with Crippen molar-refractivity contribution in [2.24, 2.45) is 0 Å². The predicted molar refractivity (Wildman–Crippen MR) is 102 cm³/mol. The molecule has 148 valence electrons. The normalized spacial score (nSPS) is 12.8. The lowest BCUT2D eigenvalue weighted by Crippen LogP contribution is -2.16. The van der Waals surface area contributed by atoms with Crippen molar-refractivity contribution in [3.63, 3.8) is 0 Å². The van der Waals surface area contributed by atoms with Crippen LogP contribution in [0.15, 0.2) is 30.3 Å². The molecule has 1 heterocycles. The van der Waals surface area contributed by atoms with Crippen molar-refractivity contribution in [2.75, 3.05) is 23.4 Å². The summed E-state index contributed by atoms with van der Waals surface area (Å²) in [5.41, 5.74) is 5.30. The van der Waals surface area contributed by atoms with Crippen LogP contribution in [-0.2, 0) is 6.18 Å². The van der Waals surface area contributed by atoms with Gasteiger partial charge in [-0.2, -0.15) is 13.2 Å². The average molecular weight is 393 g/mol. The molecule has 0 bridgehead atoms. The maximum atomic E-state index is 14.6. The lowest BCUT2D eigenvalue weighted by atomic mass is 10.0. The van der Waals surface area contributed by atoms with Crippen molar-refractivity contribution in [2.45, 2.75) is 26.1 Å². The van der Waals surface area contributed by atoms with Gasteiger partial charge in [0, 0.05) is 29.4 Å². The lowest BCUT2D eigenvalue weighted by molar-refractivity contribution is -0.140. The summed E-state index contributed by atoms with van der Waals surface area (Å²) in [5, 5.41) is 6.66. The summed E-state index contributed by atoms with van der Waals surface area (Å²) >= 11 is 0. The monoisotopic (exact) mass is 393 g/mol. The smallest absolute Gasteiger partial charge is 0.399 e. The molecular weight excluding hydrogens is 374 g/mol. The molecule has 0 aliphatic heterocycles. The first-order chi connectivity index (χ1) is 13.1. The van der Waals surface area contributed by atoms with E-state index in [0.29, 0.717) is 28.6 Å². The van der Waals surface area contributed by atoms with E-state index in [0.717, 1.165) is 5.69 Å². The number of alkyl halides is 3. The first kappa shape index (κ1) is 19.7. The minimum Gasteiger partial charge on any atom is -0.399 e. The van der Waals surface area contributed by atoms with Crippen LogP contribution in [0.4, 0.5) is 34.8 Å². The number of fused-ring (bicyclic) bond motifs is 1. The largest absolute Gasteiger partial charge is 0.419 e. The molecule has 9 heteroatoms. The predicted octanol–water partition coefficient (Wildman–Crippen LogP) is 4.89. The molecule has 1 aromatic heterocycles. The van der Waals surface area contributed by atoms with E-state index in [1.807, 2.05) is 6.07 Å². The molecule has 0 amide bonds. The molecule has 0 spiro atoms. The highest BCUT2D eigenvalue weighted by atomic mass is 19.4. The van der Waals surface area contributed by atoms with Gasteiger partial charge in [0.25, 0.3) is 0 Å². The molecule has 28 heavy (non-hydrogen) atoms. The first-order valence-corrected chi connectivity index (χ1v) is 8.49. The van der Waals surface area contributed by atoms with Gasteiger partial charge in [-0.1, -0.05) is 0 Å². The number of nitrogens with two attached hydrogens (primary N) is 1. The summed E-state index contributed by atoms with van der Waals surface area (Å²) < 4.78 is 53.9. The Morgan fingerprint density at radius 1 is 1.11 bits per heavy atom. The Morgan fingerprint density at radius 2 is 1.82 bits per heavy atom. The molecule has 0 fully saturated rings. The fourth-order valence-corrected chi connectivity index (χ4v) is 2.98. The van der Waals surface area contributed by atoms with E-state index in [9.17, 15) is 17.6 Å². The summed E-state index contributed by atoms with van der Waals surface area (Å²) in [5.74, 6) is -0.487. The summed E-state index contributed by atoms with van der Waals surface area (Å²) in [7, 11) is 1.76. The molecule has 3 aromatic rings. The Kier molecular flexibility index (Phi) is 5.01. The van der Waals surface area contributed by atoms with Crippen molar-refractivity contribution >= 4 is 28.1 Å². The van der Waals surface area contributed by atoms with Crippen molar-refractivity contribution in [3.8, 4) is 0 Å². The second-order valence-corrected chi connectivity index (χ2v) is 6.44. The van der Waals surface area contributed by atoms with Crippen LogP contribution < -0.4 is 16.4 Å². The minimum absolute atomic E-state index is 0.168. The number of anilines is 3. The van der Waals surface area contributed by atoms with Gasteiger partial charge in [0.05, 0.1) is 17.1 Å². The Labute approximate surface area is 159 Å². The first-order valence-electron chi connectivity index (χ1n) is 8.49. The Hall–Kier alpha value is -3.10. The molecule has 3 rings (SSSR count). The van der Waals surface area contributed by atoms with Gasteiger partial charge in [-0.15, -0.1) is 0 Å². The number of aromatic nitrogens is 2. The molecule has 0 radical (unpaired) electrons. The Morgan fingerprint density at radius 3 is 2.46 bits per heavy atom. The molecule has 0 unspecified atom stereocenters. The number of halogens is 4. The van der Waals surface area contributed by atoms with E-state index < -0.39 is 23.6 Å². The van der Waals surface area contributed by atoms with Crippen LogP contribution in [-0.4, -0.2) is 17.0 Å². The topological polar surface area (TPSA) is 75.9 Å². The molecule has 0 saturated carbocycles. The van der Waals surface area contributed by atoms with Gasteiger partial charge in [-0.25, -0.2) is 14.4 Å². The number of rotatable bonds is 4. The molecule has 0 saturated heterocycles. The Bertz CT molecular complexity index is 1030. The van der Waals surface area contributed by atoms with Gasteiger partial charge in [0.2, 0.25) is 0 Å². The number of aryl methyl sites for hydroxylation is 1. The van der Waals surface area contributed by atoms with Crippen LogP contribution in [0.3, 0.4) is 0 Å². The van der Waals surface area contributed by atoms with Gasteiger partial charge < -0.3 is 16.4 Å². The van der Waals surface area contributed by atoms with Crippen LogP contribution >= 0.6 is 0 Å². The summed E-state index contributed by atoms with van der Waals surface area (Å²) in [6, 6.07) is 6.41. The second-order valence-electron chi connectivity index (χ2n) is 6.44. The molecule has 2 aromatic carbocycles. The van der Waals surface area contributed by atoms with Crippen LogP contribution in [0.5, 0.6) is 0 Å². The van der Waals surface area contributed by atoms with E-state index in [1.54, 1.807) is 33.0 Å². The second kappa shape index (κ2) is 7.14. The third kappa shape index (κ3) is 3.78. The highest BCUT2D eigenvalue weighted by molar-refractivity contribution is 5.91. The quantitative estimate of drug-likeness (QED) is 0.435. The van der Waals surface area contributed by atoms with Gasteiger partial charge in [-0.3, -0.25) is 0 Å². The van der Waals surface area contributed by atoms with Crippen LogP contribution in [0.25, 0.3) is 10.9 Å². The van der Waals surface area contributed by atoms with Crippen molar-refractivity contribution in [3.05, 3.63) is 53.1 Å². The highest BCUT2D eigenvalue weighted by Gasteiger charge is 2.36. The van der Waals surface area contributed by atoms with Gasteiger partial charge in [0.15, 0.2) is 0 Å². The summed E-state index contributed by atoms with van der Waals surface area (Å²) in [4.78, 5) is 8.69. The van der Waals surface area contributed by atoms with Crippen molar-refractivity contribution in [1.82, 2.24) is 9.97 Å². The van der Waals surface area contributed by atoms with Gasteiger partial charge in [0.1, 0.15) is 17.5 Å². The third-order valence-electron chi connectivity index (χ3n) is 4.34. The fourth-order valence-electron chi connectivity index (χ4n) is 2.98. The molecule has 1 atom stereocenters. The summed E-state index contributed by atoms with van der Waals surface area (Å²) in [6.45, 7) is 3.24. The zero-order chi connectivity index (χ0) is 20.6. The van der Waals surface area contributed by atoms with Crippen LogP contribution in [0, 0.1) is 12.7 Å². The number of nitrogens with zero attached hydrogens (tertiary/aromatic N) is 2. The Balaban J connectivity index is 2.07. The van der Waals surface area contributed by atoms with Gasteiger partial charge in [-0.05, 0) is 44.2 Å².